The number of hydrogen-bond acceptors (Lipinski definition) is 6. The van der Waals surface area contributed by atoms with Crippen LogP contribution in [0.1, 0.15) is 22.6 Å². The Kier molecular flexibility index (Phi) is 7.02. The summed E-state index contributed by atoms with van der Waals surface area (Å²) in [5.74, 6) is 1.27. The lowest BCUT2D eigenvalue weighted by atomic mass is 10.2. The van der Waals surface area contributed by atoms with Gasteiger partial charge in [0.05, 0.1) is 17.0 Å². The highest BCUT2D eigenvalue weighted by Gasteiger charge is 2.19. The first-order valence-corrected chi connectivity index (χ1v) is 9.86. The average molecular weight is 417 g/mol. The molecular formula is C19H21ClN6OS. The van der Waals surface area contributed by atoms with Crippen LogP contribution < -0.4 is 10.6 Å². The second-order valence-electron chi connectivity index (χ2n) is 6.29. The lowest BCUT2D eigenvalue weighted by Gasteiger charge is -2.13. The van der Waals surface area contributed by atoms with E-state index in [1.165, 1.54) is 0 Å². The molecule has 2 aromatic carbocycles. The number of para-hydroxylation sites is 1. The van der Waals surface area contributed by atoms with Gasteiger partial charge in [-0.2, -0.15) is 4.68 Å². The van der Waals surface area contributed by atoms with Gasteiger partial charge in [-0.15, -0.1) is 29.3 Å². The third-order valence-electron chi connectivity index (χ3n) is 4.42. The molecule has 1 unspecified atom stereocenters. The average Bonchev–Trinajstić information content (AvgIpc) is 3.39. The standard InChI is InChI=1S/C19H20N6OS.ClH/c26-19(21-14-10-11-20-12-14)16-8-4-5-9-17(16)27-13-18-22-23-24-25(18)15-6-2-1-3-7-15;/h1-9,14,20H,10-13H2,(H,21,26);1H. The van der Waals surface area contributed by atoms with E-state index in [1.807, 2.05) is 54.6 Å². The zero-order valence-electron chi connectivity index (χ0n) is 15.1. The summed E-state index contributed by atoms with van der Waals surface area (Å²) in [5.41, 5.74) is 1.60. The molecule has 28 heavy (non-hydrogen) atoms. The van der Waals surface area contributed by atoms with Gasteiger partial charge in [0.1, 0.15) is 0 Å². The summed E-state index contributed by atoms with van der Waals surface area (Å²) < 4.78 is 1.72. The molecule has 0 aliphatic carbocycles. The fraction of sp³-hybridized carbons (Fsp3) is 0.263. The molecule has 0 saturated carbocycles. The molecule has 1 atom stereocenters. The molecule has 146 valence electrons. The summed E-state index contributed by atoms with van der Waals surface area (Å²) in [5, 5.41) is 18.4. The number of halogens is 1. The number of carbonyl (C=O) groups excluding carboxylic acids is 1. The van der Waals surface area contributed by atoms with Gasteiger partial charge in [-0.1, -0.05) is 30.3 Å². The summed E-state index contributed by atoms with van der Waals surface area (Å²) in [6.45, 7) is 1.77. The molecule has 0 radical (unpaired) electrons. The van der Waals surface area contributed by atoms with Gasteiger partial charge in [0.15, 0.2) is 5.82 Å². The minimum absolute atomic E-state index is 0. The maximum Gasteiger partial charge on any atom is 0.252 e. The molecule has 1 aromatic heterocycles. The van der Waals surface area contributed by atoms with Crippen LogP contribution >= 0.6 is 24.2 Å². The van der Waals surface area contributed by atoms with Gasteiger partial charge in [-0.05, 0) is 47.7 Å². The number of hydrogen-bond donors (Lipinski definition) is 2. The van der Waals surface area contributed by atoms with Crippen LogP contribution in [0.25, 0.3) is 5.69 Å². The largest absolute Gasteiger partial charge is 0.348 e. The topological polar surface area (TPSA) is 84.7 Å². The molecule has 0 bridgehead atoms. The first-order valence-electron chi connectivity index (χ1n) is 8.87. The number of rotatable bonds is 6. The normalized spacial score (nSPS) is 15.8. The van der Waals surface area contributed by atoms with Crippen molar-refractivity contribution in [1.29, 1.82) is 0 Å². The van der Waals surface area contributed by atoms with E-state index in [2.05, 4.69) is 26.2 Å². The van der Waals surface area contributed by atoms with Crippen LogP contribution in [0.2, 0.25) is 0 Å². The second-order valence-corrected chi connectivity index (χ2v) is 7.31. The predicted octanol–water partition coefficient (Wildman–Crippen LogP) is 2.47. The number of amides is 1. The van der Waals surface area contributed by atoms with Crippen molar-refractivity contribution < 1.29 is 4.79 Å². The number of carbonyl (C=O) groups is 1. The number of benzene rings is 2. The van der Waals surface area contributed by atoms with Crippen molar-refractivity contribution in [3.05, 3.63) is 66.0 Å². The van der Waals surface area contributed by atoms with Gasteiger partial charge in [0, 0.05) is 17.5 Å². The van der Waals surface area contributed by atoms with Crippen molar-refractivity contribution in [3.8, 4) is 5.69 Å². The summed E-state index contributed by atoms with van der Waals surface area (Å²) >= 11 is 1.56. The van der Waals surface area contributed by atoms with Crippen LogP contribution in [0.15, 0.2) is 59.5 Å². The molecule has 1 aliphatic rings. The van der Waals surface area contributed by atoms with Gasteiger partial charge in [0.25, 0.3) is 5.91 Å². The quantitative estimate of drug-likeness (QED) is 0.600. The number of nitrogens with one attached hydrogen (secondary N) is 2. The maximum atomic E-state index is 12.7. The van der Waals surface area contributed by atoms with Crippen LogP contribution in [0.4, 0.5) is 0 Å². The maximum absolute atomic E-state index is 12.7. The van der Waals surface area contributed by atoms with E-state index in [0.717, 1.165) is 35.9 Å². The van der Waals surface area contributed by atoms with Crippen LogP contribution in [-0.4, -0.2) is 45.2 Å². The van der Waals surface area contributed by atoms with Crippen molar-refractivity contribution in [2.24, 2.45) is 0 Å². The van der Waals surface area contributed by atoms with Gasteiger partial charge >= 0.3 is 0 Å². The van der Waals surface area contributed by atoms with E-state index in [4.69, 9.17) is 0 Å². The van der Waals surface area contributed by atoms with Crippen LogP contribution in [0.3, 0.4) is 0 Å². The number of aromatic nitrogens is 4. The third-order valence-corrected chi connectivity index (χ3v) is 5.49. The van der Waals surface area contributed by atoms with E-state index < -0.39 is 0 Å². The first kappa shape index (κ1) is 20.3. The zero-order valence-corrected chi connectivity index (χ0v) is 16.7. The van der Waals surface area contributed by atoms with Crippen molar-refractivity contribution in [3.63, 3.8) is 0 Å². The summed E-state index contributed by atoms with van der Waals surface area (Å²) in [7, 11) is 0. The van der Waals surface area contributed by atoms with Crippen LogP contribution in [-0.2, 0) is 5.75 Å². The SMILES string of the molecule is Cl.O=C(NC1CCNC1)c1ccccc1SCc1nnnn1-c1ccccc1. The van der Waals surface area contributed by atoms with Gasteiger partial charge < -0.3 is 10.6 Å². The van der Waals surface area contributed by atoms with Crippen LogP contribution in [0.5, 0.6) is 0 Å². The molecule has 2 N–H and O–H groups in total. The number of tetrazole rings is 1. The molecule has 9 heteroatoms. The summed E-state index contributed by atoms with van der Waals surface area (Å²) in [4.78, 5) is 13.6. The number of thioether (sulfide) groups is 1. The van der Waals surface area contributed by atoms with E-state index >= 15 is 0 Å². The zero-order chi connectivity index (χ0) is 18.5. The molecule has 1 aliphatic heterocycles. The molecule has 4 rings (SSSR count). The first-order chi connectivity index (χ1) is 13.3. The monoisotopic (exact) mass is 416 g/mol. The molecule has 7 nitrogen and oxygen atoms in total. The van der Waals surface area contributed by atoms with E-state index in [1.54, 1.807) is 16.4 Å². The Morgan fingerprint density at radius 3 is 2.75 bits per heavy atom. The van der Waals surface area contributed by atoms with Crippen molar-refractivity contribution in [2.75, 3.05) is 13.1 Å². The second kappa shape index (κ2) is 9.68. The summed E-state index contributed by atoms with van der Waals surface area (Å²) in [6, 6.07) is 17.6. The van der Waals surface area contributed by atoms with E-state index in [-0.39, 0.29) is 24.4 Å². The highest BCUT2D eigenvalue weighted by atomic mass is 35.5. The van der Waals surface area contributed by atoms with Crippen LogP contribution in [0, 0.1) is 0 Å². The molecule has 0 spiro atoms. The smallest absolute Gasteiger partial charge is 0.252 e. The molecule has 2 heterocycles. The Hall–Kier alpha value is -2.42. The Balaban J connectivity index is 0.00000225. The van der Waals surface area contributed by atoms with Gasteiger partial charge in [-0.25, -0.2) is 0 Å². The Labute approximate surface area is 173 Å². The molecule has 1 amide bonds. The van der Waals surface area contributed by atoms with Gasteiger partial charge in [0.2, 0.25) is 0 Å². The van der Waals surface area contributed by atoms with Crippen molar-refractivity contribution >= 4 is 30.1 Å². The molecule has 1 fully saturated rings. The predicted molar refractivity (Wildman–Crippen MR) is 111 cm³/mol. The Morgan fingerprint density at radius 1 is 1.18 bits per heavy atom. The van der Waals surface area contributed by atoms with E-state index in [0.29, 0.717) is 11.3 Å². The van der Waals surface area contributed by atoms with Crippen molar-refractivity contribution in [1.82, 2.24) is 30.8 Å². The minimum Gasteiger partial charge on any atom is -0.348 e. The molecule has 1 saturated heterocycles. The molecular weight excluding hydrogens is 396 g/mol. The van der Waals surface area contributed by atoms with E-state index in [9.17, 15) is 4.79 Å². The highest BCUT2D eigenvalue weighted by molar-refractivity contribution is 7.98. The highest BCUT2D eigenvalue weighted by Crippen LogP contribution is 2.26. The Bertz CT molecular complexity index is 914. The Morgan fingerprint density at radius 2 is 1.96 bits per heavy atom. The third kappa shape index (κ3) is 4.70. The summed E-state index contributed by atoms with van der Waals surface area (Å²) in [6.07, 6.45) is 0.965. The van der Waals surface area contributed by atoms with Crippen molar-refractivity contribution in [2.45, 2.75) is 23.1 Å². The lowest BCUT2D eigenvalue weighted by Crippen LogP contribution is -2.36. The fourth-order valence-corrected chi connectivity index (χ4v) is 3.98. The minimum atomic E-state index is -0.0329. The lowest BCUT2D eigenvalue weighted by molar-refractivity contribution is 0.0937. The fourth-order valence-electron chi connectivity index (χ4n) is 3.03. The van der Waals surface area contributed by atoms with Gasteiger partial charge in [-0.3, -0.25) is 4.79 Å². The number of nitrogens with zero attached hydrogens (tertiary/aromatic N) is 4. The molecule has 3 aromatic rings.